The predicted molar refractivity (Wildman–Crippen MR) is 99.5 cm³/mol. The third kappa shape index (κ3) is 3.97. The molecule has 1 aromatic heterocycles. The summed E-state index contributed by atoms with van der Waals surface area (Å²) in [5, 5.41) is 0. The van der Waals surface area contributed by atoms with Gasteiger partial charge >= 0.3 is 0 Å². The third-order valence-corrected chi connectivity index (χ3v) is 4.33. The molecule has 3 nitrogen and oxygen atoms in total. The van der Waals surface area contributed by atoms with E-state index in [9.17, 15) is 4.39 Å². The molecule has 1 heterocycles. The normalized spacial score (nSPS) is 13.0. The van der Waals surface area contributed by atoms with Gasteiger partial charge in [0.05, 0.1) is 11.7 Å². The van der Waals surface area contributed by atoms with Crippen LogP contribution in [-0.2, 0) is 6.54 Å². The highest BCUT2D eigenvalue weighted by Gasteiger charge is 2.27. The summed E-state index contributed by atoms with van der Waals surface area (Å²) >= 11 is 0. The van der Waals surface area contributed by atoms with Crippen LogP contribution in [0.4, 0.5) is 4.39 Å². The quantitative estimate of drug-likeness (QED) is 0.744. The van der Waals surface area contributed by atoms with Crippen LogP contribution in [0.25, 0.3) is 11.3 Å². The van der Waals surface area contributed by atoms with Gasteiger partial charge in [0.25, 0.3) is 0 Å². The van der Waals surface area contributed by atoms with Crippen LogP contribution in [0, 0.1) is 11.2 Å². The molecule has 0 aliphatic rings. The molecule has 1 atom stereocenters. The van der Waals surface area contributed by atoms with Crippen molar-refractivity contribution in [2.45, 2.75) is 33.4 Å². The zero-order valence-electron chi connectivity index (χ0n) is 14.9. The molecule has 0 bridgehead atoms. The topological polar surface area (TPSA) is 43.8 Å². The molecule has 130 valence electrons. The molecule has 0 spiro atoms. The summed E-state index contributed by atoms with van der Waals surface area (Å²) < 4.78 is 15.7. The summed E-state index contributed by atoms with van der Waals surface area (Å²) in [6.45, 7) is 6.98. The Bertz CT molecular complexity index is 847. The van der Waals surface area contributed by atoms with Gasteiger partial charge in [-0.15, -0.1) is 0 Å². The van der Waals surface area contributed by atoms with Crippen LogP contribution in [0.1, 0.15) is 38.2 Å². The van der Waals surface area contributed by atoms with Crippen molar-refractivity contribution in [3.8, 4) is 11.3 Å². The Balaban J connectivity index is 2.05. The lowest BCUT2D eigenvalue weighted by molar-refractivity contribution is 0.309. The van der Waals surface area contributed by atoms with Crippen molar-refractivity contribution in [1.29, 1.82) is 0 Å². The Hall–Kier alpha value is -2.46. The van der Waals surface area contributed by atoms with Gasteiger partial charge in [-0.1, -0.05) is 63.2 Å². The van der Waals surface area contributed by atoms with E-state index in [2.05, 4.69) is 37.5 Å². The maximum absolute atomic E-state index is 13.6. The Morgan fingerprint density at radius 2 is 1.80 bits per heavy atom. The van der Waals surface area contributed by atoms with Gasteiger partial charge in [-0.2, -0.15) is 0 Å². The summed E-state index contributed by atoms with van der Waals surface area (Å²) in [5.74, 6) is 0.549. The fourth-order valence-corrected chi connectivity index (χ4v) is 2.76. The average molecular weight is 337 g/mol. The van der Waals surface area contributed by atoms with Crippen molar-refractivity contribution in [2.24, 2.45) is 11.1 Å². The molecule has 0 unspecified atom stereocenters. The molecule has 0 amide bonds. The monoisotopic (exact) mass is 337 g/mol. The van der Waals surface area contributed by atoms with Gasteiger partial charge < -0.3 is 10.3 Å². The van der Waals surface area contributed by atoms with Gasteiger partial charge in [0.2, 0.25) is 0 Å². The van der Waals surface area contributed by atoms with Crippen LogP contribution >= 0.6 is 0 Å². The Kier molecular flexibility index (Phi) is 4.73. The highest BCUT2D eigenvalue weighted by atomic mass is 19.1. The van der Waals surface area contributed by atoms with E-state index in [1.807, 2.05) is 30.5 Å². The fraction of sp³-hybridized carbons (Fsp3) is 0.286. The summed E-state index contributed by atoms with van der Waals surface area (Å²) in [6, 6.07) is 16.5. The molecule has 0 saturated heterocycles. The zero-order chi connectivity index (χ0) is 18.0. The zero-order valence-corrected chi connectivity index (χ0v) is 14.9. The first-order valence-electron chi connectivity index (χ1n) is 8.47. The van der Waals surface area contributed by atoms with Crippen LogP contribution < -0.4 is 5.73 Å². The van der Waals surface area contributed by atoms with Crippen LogP contribution in [0.15, 0.2) is 60.8 Å². The van der Waals surface area contributed by atoms with E-state index in [-0.39, 0.29) is 17.3 Å². The lowest BCUT2D eigenvalue weighted by Crippen LogP contribution is -2.29. The van der Waals surface area contributed by atoms with Crippen molar-refractivity contribution in [1.82, 2.24) is 9.55 Å². The summed E-state index contributed by atoms with van der Waals surface area (Å²) in [6.07, 6.45) is 1.96. The number of hydrogen-bond acceptors (Lipinski definition) is 2. The standard InChI is InChI=1S/C21H24FN3/c1-21(2,3)19(23)20-24-18(16-10-7-11-17(22)12-16)14-25(20)13-15-8-5-4-6-9-15/h4-12,14,19H,13,23H2,1-3H3/t19-/m0/s1. The molecule has 0 radical (unpaired) electrons. The van der Waals surface area contributed by atoms with Crippen molar-refractivity contribution < 1.29 is 4.39 Å². The molecule has 0 saturated carbocycles. The van der Waals surface area contributed by atoms with Crippen LogP contribution in [0.2, 0.25) is 0 Å². The molecule has 0 aliphatic heterocycles. The molecule has 2 N–H and O–H groups in total. The van der Waals surface area contributed by atoms with Gasteiger partial charge in [0.1, 0.15) is 11.6 Å². The van der Waals surface area contributed by atoms with E-state index in [0.29, 0.717) is 6.54 Å². The first kappa shape index (κ1) is 17.4. The van der Waals surface area contributed by atoms with Crippen molar-refractivity contribution in [3.05, 3.63) is 78.0 Å². The number of halogens is 1. The largest absolute Gasteiger partial charge is 0.329 e. The Morgan fingerprint density at radius 1 is 1.08 bits per heavy atom. The number of imidazole rings is 1. The number of hydrogen-bond donors (Lipinski definition) is 1. The average Bonchev–Trinajstić information content (AvgIpc) is 2.98. The van der Waals surface area contributed by atoms with Crippen molar-refractivity contribution in [3.63, 3.8) is 0 Å². The predicted octanol–water partition coefficient (Wildman–Crippen LogP) is 4.78. The number of aromatic nitrogens is 2. The number of nitrogens with zero attached hydrogens (tertiary/aromatic N) is 2. The second-order valence-corrected chi connectivity index (χ2v) is 7.45. The van der Waals surface area contributed by atoms with E-state index < -0.39 is 0 Å². The maximum Gasteiger partial charge on any atom is 0.127 e. The lowest BCUT2D eigenvalue weighted by atomic mass is 9.87. The molecule has 3 rings (SSSR count). The first-order valence-corrected chi connectivity index (χ1v) is 8.47. The minimum absolute atomic E-state index is 0.126. The number of benzene rings is 2. The van der Waals surface area contributed by atoms with E-state index in [0.717, 1.165) is 17.1 Å². The minimum Gasteiger partial charge on any atom is -0.329 e. The molecule has 25 heavy (non-hydrogen) atoms. The smallest absolute Gasteiger partial charge is 0.127 e. The highest BCUT2D eigenvalue weighted by Crippen LogP contribution is 2.32. The van der Waals surface area contributed by atoms with Gasteiger partial charge in [0.15, 0.2) is 0 Å². The maximum atomic E-state index is 13.6. The molecular weight excluding hydrogens is 313 g/mol. The number of nitrogens with two attached hydrogens (primary N) is 1. The molecule has 2 aromatic carbocycles. The fourth-order valence-electron chi connectivity index (χ4n) is 2.76. The van der Waals surface area contributed by atoms with Gasteiger partial charge in [-0.25, -0.2) is 9.37 Å². The third-order valence-electron chi connectivity index (χ3n) is 4.33. The number of rotatable bonds is 4. The van der Waals surface area contributed by atoms with Crippen molar-refractivity contribution >= 4 is 0 Å². The SMILES string of the molecule is CC(C)(C)[C@@H](N)c1nc(-c2cccc(F)c2)cn1Cc1ccccc1. The van der Waals surface area contributed by atoms with Crippen LogP contribution in [-0.4, -0.2) is 9.55 Å². The molecule has 3 aromatic rings. The van der Waals surface area contributed by atoms with E-state index >= 15 is 0 Å². The van der Waals surface area contributed by atoms with Gasteiger partial charge in [-0.05, 0) is 23.1 Å². The van der Waals surface area contributed by atoms with E-state index in [4.69, 9.17) is 10.7 Å². The first-order chi connectivity index (χ1) is 11.8. The molecule has 4 heteroatoms. The summed E-state index contributed by atoms with van der Waals surface area (Å²) in [4.78, 5) is 4.76. The summed E-state index contributed by atoms with van der Waals surface area (Å²) in [7, 11) is 0. The van der Waals surface area contributed by atoms with Crippen molar-refractivity contribution in [2.75, 3.05) is 0 Å². The van der Waals surface area contributed by atoms with E-state index in [1.165, 1.54) is 17.7 Å². The summed E-state index contributed by atoms with van der Waals surface area (Å²) in [5.41, 5.74) is 9.04. The molecule has 0 aliphatic carbocycles. The highest BCUT2D eigenvalue weighted by molar-refractivity contribution is 5.58. The lowest BCUT2D eigenvalue weighted by Gasteiger charge is -2.27. The van der Waals surface area contributed by atoms with Crippen LogP contribution in [0.5, 0.6) is 0 Å². The van der Waals surface area contributed by atoms with Gasteiger partial charge in [0, 0.05) is 18.3 Å². The second-order valence-electron chi connectivity index (χ2n) is 7.45. The van der Waals surface area contributed by atoms with Gasteiger partial charge in [-0.3, -0.25) is 0 Å². The molecule has 0 fully saturated rings. The second kappa shape index (κ2) is 6.81. The minimum atomic E-state index is -0.267. The molecular formula is C21H24FN3. The van der Waals surface area contributed by atoms with E-state index in [1.54, 1.807) is 6.07 Å². The Labute approximate surface area is 148 Å². The van der Waals surface area contributed by atoms with Crippen LogP contribution in [0.3, 0.4) is 0 Å². The Morgan fingerprint density at radius 3 is 2.44 bits per heavy atom.